The molecule has 20 heavy (non-hydrogen) atoms. The Hall–Kier alpha value is -1.70. The lowest BCUT2D eigenvalue weighted by molar-refractivity contribution is 0.0960. The first kappa shape index (κ1) is 14.7. The number of nitrogens with two attached hydrogens (primary N) is 1. The number of rotatable bonds is 4. The molecule has 0 unspecified atom stereocenters. The Bertz CT molecular complexity index is 736. The summed E-state index contributed by atoms with van der Waals surface area (Å²) in [6, 6.07) is 9.34. The molecule has 0 saturated heterocycles. The summed E-state index contributed by atoms with van der Waals surface area (Å²) in [6.07, 6.45) is 0. The highest BCUT2D eigenvalue weighted by Gasteiger charge is 2.25. The maximum Gasteiger partial charge on any atom is 0.252 e. The highest BCUT2D eigenvalue weighted by atomic mass is 32.2. The molecule has 2 rings (SSSR count). The summed E-state index contributed by atoms with van der Waals surface area (Å²) in [6.45, 7) is 0.289. The first-order chi connectivity index (χ1) is 9.50. The van der Waals surface area contributed by atoms with Crippen LogP contribution in [0, 0.1) is 0 Å². The Balaban J connectivity index is 2.57. The predicted molar refractivity (Wildman–Crippen MR) is 77.5 cm³/mol. The number of thiophene rings is 1. The second-order valence-corrected chi connectivity index (χ2v) is 7.32. The average Bonchev–Trinajstić information content (AvgIpc) is 2.96. The van der Waals surface area contributed by atoms with Crippen molar-refractivity contribution < 1.29 is 13.2 Å². The van der Waals surface area contributed by atoms with E-state index in [-0.39, 0.29) is 21.2 Å². The minimum absolute atomic E-state index is 0.00442. The van der Waals surface area contributed by atoms with Gasteiger partial charge in [0, 0.05) is 18.5 Å². The monoisotopic (exact) mass is 310 g/mol. The van der Waals surface area contributed by atoms with Gasteiger partial charge in [0.1, 0.15) is 4.21 Å². The fraction of sp³-hybridized carbons (Fsp3) is 0.154. The third-order valence-corrected chi connectivity index (χ3v) is 6.16. The molecule has 1 amide bonds. The number of carbonyl (C=O) groups is 1. The molecule has 0 saturated carbocycles. The van der Waals surface area contributed by atoms with Crippen molar-refractivity contribution in [3.63, 3.8) is 0 Å². The summed E-state index contributed by atoms with van der Waals surface area (Å²) in [5.41, 5.74) is 5.63. The van der Waals surface area contributed by atoms with Gasteiger partial charge in [-0.1, -0.05) is 12.1 Å². The van der Waals surface area contributed by atoms with E-state index in [4.69, 9.17) is 5.73 Å². The van der Waals surface area contributed by atoms with Gasteiger partial charge in [0.2, 0.25) is 9.84 Å². The number of amides is 1. The molecule has 3 N–H and O–H groups in total. The molecule has 7 heteroatoms. The molecule has 0 fully saturated rings. The van der Waals surface area contributed by atoms with E-state index in [0.29, 0.717) is 0 Å². The molecule has 0 aliphatic carbocycles. The average molecular weight is 310 g/mol. The van der Waals surface area contributed by atoms with Crippen LogP contribution in [0.4, 0.5) is 0 Å². The number of hydrogen-bond donors (Lipinski definition) is 2. The van der Waals surface area contributed by atoms with E-state index in [1.807, 2.05) is 0 Å². The fourth-order valence-corrected chi connectivity index (χ4v) is 4.56. The maximum atomic E-state index is 12.6. The quantitative estimate of drug-likeness (QED) is 0.893. The van der Waals surface area contributed by atoms with Gasteiger partial charge in [-0.25, -0.2) is 8.42 Å². The molecule has 106 valence electrons. The van der Waals surface area contributed by atoms with E-state index in [2.05, 4.69) is 5.32 Å². The van der Waals surface area contributed by atoms with Crippen LogP contribution in [-0.2, 0) is 16.4 Å². The number of hydrogen-bond acceptors (Lipinski definition) is 5. The second-order valence-electron chi connectivity index (χ2n) is 4.00. The highest BCUT2D eigenvalue weighted by molar-refractivity contribution is 7.93. The number of nitrogens with one attached hydrogen (secondary N) is 1. The van der Waals surface area contributed by atoms with E-state index < -0.39 is 15.7 Å². The van der Waals surface area contributed by atoms with Crippen LogP contribution < -0.4 is 11.1 Å². The van der Waals surface area contributed by atoms with Gasteiger partial charge >= 0.3 is 0 Å². The topological polar surface area (TPSA) is 89.3 Å². The summed E-state index contributed by atoms with van der Waals surface area (Å²) in [5, 5.41) is 2.44. The Kier molecular flexibility index (Phi) is 4.22. The third-order valence-electron chi connectivity index (χ3n) is 2.75. The zero-order chi connectivity index (χ0) is 14.8. The van der Waals surface area contributed by atoms with Gasteiger partial charge in [0.25, 0.3) is 5.91 Å². The first-order valence-corrected chi connectivity index (χ1v) is 8.15. The molecule has 1 aromatic carbocycles. The standard InChI is InChI=1S/C13H14N2O3S2/c1-15-13(16)10-4-2-3-5-11(10)20(17,18)12-7-6-9(8-14)19-12/h2-7H,8,14H2,1H3,(H,15,16). The van der Waals surface area contributed by atoms with Crippen molar-refractivity contribution in [3.8, 4) is 0 Å². The smallest absolute Gasteiger partial charge is 0.252 e. The van der Waals surface area contributed by atoms with Gasteiger partial charge < -0.3 is 11.1 Å². The van der Waals surface area contributed by atoms with E-state index in [1.54, 1.807) is 18.2 Å². The van der Waals surface area contributed by atoms with Crippen LogP contribution in [0.1, 0.15) is 15.2 Å². The van der Waals surface area contributed by atoms with E-state index >= 15 is 0 Å². The lowest BCUT2D eigenvalue weighted by Crippen LogP contribution is -2.20. The number of benzene rings is 1. The SMILES string of the molecule is CNC(=O)c1ccccc1S(=O)(=O)c1ccc(CN)s1. The van der Waals surface area contributed by atoms with Crippen molar-refractivity contribution in [2.45, 2.75) is 15.6 Å². The minimum Gasteiger partial charge on any atom is -0.355 e. The zero-order valence-corrected chi connectivity index (χ0v) is 12.4. The van der Waals surface area contributed by atoms with Gasteiger partial charge in [-0.2, -0.15) is 0 Å². The summed E-state index contributed by atoms with van der Waals surface area (Å²) >= 11 is 1.12. The van der Waals surface area contributed by atoms with Crippen LogP contribution in [0.3, 0.4) is 0 Å². The Morgan fingerprint density at radius 3 is 2.55 bits per heavy atom. The minimum atomic E-state index is -3.71. The van der Waals surface area contributed by atoms with Crippen LogP contribution >= 0.6 is 11.3 Å². The molecule has 1 aromatic heterocycles. The van der Waals surface area contributed by atoms with E-state index in [0.717, 1.165) is 16.2 Å². The molecule has 0 spiro atoms. The molecule has 0 aliphatic heterocycles. The molecule has 0 bridgehead atoms. The zero-order valence-electron chi connectivity index (χ0n) is 10.8. The number of sulfone groups is 1. The third kappa shape index (κ3) is 2.60. The summed E-state index contributed by atoms with van der Waals surface area (Å²) in [4.78, 5) is 12.6. The highest BCUT2D eigenvalue weighted by Crippen LogP contribution is 2.29. The van der Waals surface area contributed by atoms with Gasteiger partial charge in [-0.05, 0) is 24.3 Å². The van der Waals surface area contributed by atoms with Crippen LogP contribution in [0.25, 0.3) is 0 Å². The molecule has 1 heterocycles. The van der Waals surface area contributed by atoms with E-state index in [9.17, 15) is 13.2 Å². The number of carbonyl (C=O) groups excluding carboxylic acids is 1. The van der Waals surface area contributed by atoms with Crippen LogP contribution in [-0.4, -0.2) is 21.4 Å². The lowest BCUT2D eigenvalue weighted by atomic mass is 10.2. The van der Waals surface area contributed by atoms with Crippen molar-refractivity contribution in [1.82, 2.24) is 5.32 Å². The summed E-state index contributed by atoms with van der Waals surface area (Å²) in [7, 11) is -2.25. The van der Waals surface area contributed by atoms with Crippen molar-refractivity contribution in [2.24, 2.45) is 5.73 Å². The van der Waals surface area contributed by atoms with Crippen molar-refractivity contribution in [2.75, 3.05) is 7.05 Å². The van der Waals surface area contributed by atoms with Crippen molar-refractivity contribution in [1.29, 1.82) is 0 Å². The Morgan fingerprint density at radius 1 is 1.25 bits per heavy atom. The van der Waals surface area contributed by atoms with E-state index in [1.165, 1.54) is 25.2 Å². The van der Waals surface area contributed by atoms with Crippen LogP contribution in [0.15, 0.2) is 45.5 Å². The summed E-state index contributed by atoms with van der Waals surface area (Å²) in [5.74, 6) is -0.431. The van der Waals surface area contributed by atoms with Gasteiger partial charge in [0.05, 0.1) is 10.5 Å². The van der Waals surface area contributed by atoms with Crippen molar-refractivity contribution in [3.05, 3.63) is 46.8 Å². The maximum absolute atomic E-state index is 12.6. The largest absolute Gasteiger partial charge is 0.355 e. The van der Waals surface area contributed by atoms with Gasteiger partial charge in [-0.3, -0.25) is 4.79 Å². The summed E-state index contributed by atoms with van der Waals surface area (Å²) < 4.78 is 25.4. The predicted octanol–water partition coefficient (Wildman–Crippen LogP) is 1.40. The van der Waals surface area contributed by atoms with Gasteiger partial charge in [0.15, 0.2) is 0 Å². The molecular formula is C13H14N2O3S2. The van der Waals surface area contributed by atoms with Crippen molar-refractivity contribution >= 4 is 27.1 Å². The van der Waals surface area contributed by atoms with Crippen LogP contribution in [0.2, 0.25) is 0 Å². The fourth-order valence-electron chi connectivity index (χ4n) is 1.74. The molecule has 2 aromatic rings. The first-order valence-electron chi connectivity index (χ1n) is 5.85. The normalized spacial score (nSPS) is 11.3. The molecule has 0 radical (unpaired) electrons. The molecule has 5 nitrogen and oxygen atoms in total. The second kappa shape index (κ2) is 5.74. The van der Waals surface area contributed by atoms with Gasteiger partial charge in [-0.15, -0.1) is 11.3 Å². The lowest BCUT2D eigenvalue weighted by Gasteiger charge is -2.07. The molecule has 0 aliphatic rings. The Morgan fingerprint density at radius 2 is 1.95 bits per heavy atom. The van der Waals surface area contributed by atoms with Crippen LogP contribution in [0.5, 0.6) is 0 Å². The molecular weight excluding hydrogens is 296 g/mol. The Labute approximate surface area is 121 Å². The molecule has 0 atom stereocenters.